The van der Waals surface area contributed by atoms with Crippen LogP contribution in [0.15, 0.2) is 12.1 Å². The second-order valence-corrected chi connectivity index (χ2v) is 6.96. The SMILES string of the molecule is CN1CCC(C)(CNC(=O)c2cc(Cl)c(N)c(Cl)c2)CC1. The lowest BCUT2D eigenvalue weighted by molar-refractivity contribution is 0.0891. The second kappa shape index (κ2) is 6.42. The minimum absolute atomic E-state index is 0.142. The summed E-state index contributed by atoms with van der Waals surface area (Å²) in [5, 5.41) is 3.59. The van der Waals surface area contributed by atoms with Crippen molar-refractivity contribution in [1.82, 2.24) is 10.2 Å². The van der Waals surface area contributed by atoms with Crippen LogP contribution in [0.4, 0.5) is 5.69 Å². The zero-order chi connectivity index (χ0) is 15.6. The van der Waals surface area contributed by atoms with E-state index in [1.165, 1.54) is 0 Å². The minimum atomic E-state index is -0.168. The maximum Gasteiger partial charge on any atom is 0.251 e. The van der Waals surface area contributed by atoms with Crippen molar-refractivity contribution in [2.24, 2.45) is 5.41 Å². The molecule has 1 aliphatic heterocycles. The average molecular weight is 330 g/mol. The standard InChI is InChI=1S/C15H21Cl2N3O/c1-15(3-5-20(2)6-4-15)9-19-14(21)10-7-11(16)13(18)12(17)8-10/h7-8H,3-6,9,18H2,1-2H3,(H,19,21). The van der Waals surface area contributed by atoms with Crippen LogP contribution in [-0.2, 0) is 0 Å². The van der Waals surface area contributed by atoms with Crippen LogP contribution in [0, 0.1) is 5.41 Å². The Bertz CT molecular complexity index is 517. The van der Waals surface area contributed by atoms with Crippen LogP contribution < -0.4 is 11.1 Å². The van der Waals surface area contributed by atoms with Gasteiger partial charge >= 0.3 is 0 Å². The van der Waals surface area contributed by atoms with Crippen LogP contribution in [0.5, 0.6) is 0 Å². The molecule has 6 heteroatoms. The molecule has 1 aliphatic rings. The fourth-order valence-electron chi connectivity index (χ4n) is 2.45. The minimum Gasteiger partial charge on any atom is -0.396 e. The van der Waals surface area contributed by atoms with Gasteiger partial charge in [0.05, 0.1) is 15.7 Å². The Balaban J connectivity index is 1.99. The Labute approximate surface area is 135 Å². The van der Waals surface area contributed by atoms with Gasteiger partial charge in [-0.1, -0.05) is 30.1 Å². The van der Waals surface area contributed by atoms with E-state index >= 15 is 0 Å². The van der Waals surface area contributed by atoms with Crippen LogP contribution in [-0.4, -0.2) is 37.5 Å². The summed E-state index contributed by atoms with van der Waals surface area (Å²) in [4.78, 5) is 14.5. The highest BCUT2D eigenvalue weighted by Gasteiger charge is 2.29. The molecule has 1 heterocycles. The summed E-state index contributed by atoms with van der Waals surface area (Å²) in [6.45, 7) is 4.99. The number of carbonyl (C=O) groups excluding carboxylic acids is 1. The Kier molecular flexibility index (Phi) is 5.02. The molecule has 21 heavy (non-hydrogen) atoms. The van der Waals surface area contributed by atoms with Gasteiger partial charge < -0.3 is 16.0 Å². The van der Waals surface area contributed by atoms with Crippen molar-refractivity contribution in [3.05, 3.63) is 27.7 Å². The molecule has 0 saturated carbocycles. The number of nitrogens with zero attached hydrogens (tertiary/aromatic N) is 1. The lowest BCUT2D eigenvalue weighted by Gasteiger charge is -2.37. The molecule has 2 rings (SSSR count). The number of carbonyl (C=O) groups is 1. The van der Waals surface area contributed by atoms with E-state index in [1.54, 1.807) is 12.1 Å². The van der Waals surface area contributed by atoms with Gasteiger partial charge in [-0.15, -0.1) is 0 Å². The third kappa shape index (κ3) is 4.02. The van der Waals surface area contributed by atoms with E-state index in [0.29, 0.717) is 27.8 Å². The quantitative estimate of drug-likeness (QED) is 0.838. The molecule has 0 radical (unpaired) electrons. The molecular formula is C15H21Cl2N3O. The van der Waals surface area contributed by atoms with Crippen LogP contribution in [0.3, 0.4) is 0 Å². The molecule has 0 unspecified atom stereocenters. The number of nitrogens with one attached hydrogen (secondary N) is 1. The predicted molar refractivity (Wildman–Crippen MR) is 88.0 cm³/mol. The molecular weight excluding hydrogens is 309 g/mol. The van der Waals surface area contributed by atoms with E-state index in [4.69, 9.17) is 28.9 Å². The van der Waals surface area contributed by atoms with Crippen LogP contribution in [0.1, 0.15) is 30.1 Å². The van der Waals surface area contributed by atoms with Gasteiger partial charge in [0.2, 0.25) is 0 Å². The molecule has 4 nitrogen and oxygen atoms in total. The third-order valence-corrected chi connectivity index (χ3v) is 4.84. The second-order valence-electron chi connectivity index (χ2n) is 6.15. The summed E-state index contributed by atoms with van der Waals surface area (Å²) in [5.74, 6) is -0.168. The van der Waals surface area contributed by atoms with E-state index in [1.807, 2.05) is 0 Å². The zero-order valence-electron chi connectivity index (χ0n) is 12.4. The van der Waals surface area contributed by atoms with Crippen LogP contribution in [0.25, 0.3) is 0 Å². The van der Waals surface area contributed by atoms with Gasteiger partial charge in [-0.25, -0.2) is 0 Å². The molecule has 1 aromatic carbocycles. The summed E-state index contributed by atoms with van der Waals surface area (Å²) in [6.07, 6.45) is 2.15. The molecule has 1 aromatic rings. The number of hydrogen-bond donors (Lipinski definition) is 2. The zero-order valence-corrected chi connectivity index (χ0v) is 13.9. The summed E-state index contributed by atoms with van der Waals surface area (Å²) in [5.41, 5.74) is 6.56. The first-order valence-corrected chi connectivity index (χ1v) is 7.78. The maximum absolute atomic E-state index is 12.2. The molecule has 0 aliphatic carbocycles. The molecule has 0 atom stereocenters. The Hall–Kier alpha value is -0.970. The van der Waals surface area contributed by atoms with Gasteiger partial charge in [-0.05, 0) is 50.5 Å². The van der Waals surface area contributed by atoms with Gasteiger partial charge in [0, 0.05) is 12.1 Å². The van der Waals surface area contributed by atoms with Gasteiger partial charge in [0.25, 0.3) is 5.91 Å². The normalized spacial score (nSPS) is 18.5. The van der Waals surface area contributed by atoms with Crippen molar-refractivity contribution < 1.29 is 4.79 Å². The van der Waals surface area contributed by atoms with E-state index in [2.05, 4.69) is 24.2 Å². The number of anilines is 1. The number of benzene rings is 1. The Morgan fingerprint density at radius 1 is 1.33 bits per heavy atom. The van der Waals surface area contributed by atoms with Gasteiger partial charge in [-0.3, -0.25) is 4.79 Å². The molecule has 116 valence electrons. The Morgan fingerprint density at radius 2 is 1.86 bits per heavy atom. The molecule has 1 amide bonds. The Morgan fingerprint density at radius 3 is 2.38 bits per heavy atom. The third-order valence-electron chi connectivity index (χ3n) is 4.21. The lowest BCUT2D eigenvalue weighted by Crippen LogP contribution is -2.43. The van der Waals surface area contributed by atoms with Crippen molar-refractivity contribution in [3.63, 3.8) is 0 Å². The molecule has 0 aromatic heterocycles. The fraction of sp³-hybridized carbons (Fsp3) is 0.533. The smallest absolute Gasteiger partial charge is 0.251 e. The summed E-state index contributed by atoms with van der Waals surface area (Å²) in [6, 6.07) is 3.10. The first-order chi connectivity index (χ1) is 9.81. The highest BCUT2D eigenvalue weighted by molar-refractivity contribution is 6.39. The molecule has 3 N–H and O–H groups in total. The fourth-order valence-corrected chi connectivity index (χ4v) is 2.93. The largest absolute Gasteiger partial charge is 0.396 e. The number of hydrogen-bond acceptors (Lipinski definition) is 3. The maximum atomic E-state index is 12.2. The van der Waals surface area contributed by atoms with Gasteiger partial charge in [0.1, 0.15) is 0 Å². The summed E-state index contributed by atoms with van der Waals surface area (Å²) < 4.78 is 0. The lowest BCUT2D eigenvalue weighted by atomic mass is 9.80. The predicted octanol–water partition coefficient (Wildman–Crippen LogP) is 3.04. The van der Waals surface area contributed by atoms with Gasteiger partial charge in [-0.2, -0.15) is 0 Å². The molecule has 1 saturated heterocycles. The average Bonchev–Trinajstić information content (AvgIpc) is 2.45. The number of likely N-dealkylation sites (tertiary alicyclic amines) is 1. The number of piperidine rings is 1. The van der Waals surface area contributed by atoms with E-state index in [9.17, 15) is 4.79 Å². The first kappa shape index (κ1) is 16.4. The molecule has 0 bridgehead atoms. The number of halogens is 2. The number of amides is 1. The summed E-state index contributed by atoms with van der Waals surface area (Å²) >= 11 is 11.9. The van der Waals surface area contributed by atoms with Crippen LogP contribution in [0.2, 0.25) is 10.0 Å². The number of nitrogen functional groups attached to an aromatic ring is 1. The molecule has 0 spiro atoms. The van der Waals surface area contributed by atoms with Crippen LogP contribution >= 0.6 is 23.2 Å². The number of nitrogens with two attached hydrogens (primary N) is 1. The van der Waals surface area contributed by atoms with E-state index in [0.717, 1.165) is 25.9 Å². The van der Waals surface area contributed by atoms with Crippen molar-refractivity contribution in [1.29, 1.82) is 0 Å². The highest BCUT2D eigenvalue weighted by Crippen LogP contribution is 2.31. The topological polar surface area (TPSA) is 58.4 Å². The van der Waals surface area contributed by atoms with E-state index < -0.39 is 0 Å². The molecule has 1 fully saturated rings. The van der Waals surface area contributed by atoms with Gasteiger partial charge in [0.15, 0.2) is 0 Å². The van der Waals surface area contributed by atoms with E-state index in [-0.39, 0.29) is 11.3 Å². The number of rotatable bonds is 3. The summed E-state index contributed by atoms with van der Waals surface area (Å²) in [7, 11) is 2.12. The van der Waals surface area contributed by atoms with Crippen molar-refractivity contribution in [3.8, 4) is 0 Å². The van der Waals surface area contributed by atoms with Crippen molar-refractivity contribution in [2.45, 2.75) is 19.8 Å². The van der Waals surface area contributed by atoms with Crippen molar-refractivity contribution >= 4 is 34.8 Å². The monoisotopic (exact) mass is 329 g/mol. The van der Waals surface area contributed by atoms with Crippen molar-refractivity contribution in [2.75, 3.05) is 32.4 Å². The first-order valence-electron chi connectivity index (χ1n) is 7.02. The highest BCUT2D eigenvalue weighted by atomic mass is 35.5.